The number of hydrogen-bond donors (Lipinski definition) is 2. The van der Waals surface area contributed by atoms with E-state index in [0.29, 0.717) is 24.3 Å². The molecule has 0 aromatic heterocycles. The number of halogens is 3. The quantitative estimate of drug-likeness (QED) is 0.380. The van der Waals surface area contributed by atoms with Crippen LogP contribution in [0.4, 0.5) is 18.9 Å². The van der Waals surface area contributed by atoms with Gasteiger partial charge in [-0.25, -0.2) is 13.8 Å². The lowest BCUT2D eigenvalue weighted by Gasteiger charge is -2.21. The van der Waals surface area contributed by atoms with Gasteiger partial charge in [-0.3, -0.25) is 9.18 Å². The molecule has 0 saturated carbocycles. The van der Waals surface area contributed by atoms with Gasteiger partial charge in [0.15, 0.2) is 0 Å². The Kier molecular flexibility index (Phi) is 20.8. The highest BCUT2D eigenvalue weighted by Crippen LogP contribution is 2.26. The van der Waals surface area contributed by atoms with E-state index >= 15 is 0 Å². The average Bonchev–Trinajstić information content (AvgIpc) is 2.69. The highest BCUT2D eigenvalue weighted by Gasteiger charge is 2.27. The van der Waals surface area contributed by atoms with E-state index in [1.165, 1.54) is 37.4 Å². The van der Waals surface area contributed by atoms with E-state index in [0.717, 1.165) is 0 Å². The highest BCUT2D eigenvalue weighted by molar-refractivity contribution is 8.01. The summed E-state index contributed by atoms with van der Waals surface area (Å²) < 4.78 is 35.2. The van der Waals surface area contributed by atoms with Crippen LogP contribution in [0.25, 0.3) is 0 Å². The predicted octanol–water partition coefficient (Wildman–Crippen LogP) is 6.16. The Bertz CT molecular complexity index is 733. The first kappa shape index (κ1) is 34.3. The summed E-state index contributed by atoms with van der Waals surface area (Å²) in [6.07, 6.45) is 0.346. The van der Waals surface area contributed by atoms with E-state index < -0.39 is 17.7 Å². The number of benzene rings is 1. The van der Waals surface area contributed by atoms with Crippen molar-refractivity contribution in [1.29, 1.82) is 0 Å². The van der Waals surface area contributed by atoms with Gasteiger partial charge in [0.25, 0.3) is 6.43 Å². The smallest absolute Gasteiger partial charge is 0.278 e. The fraction of sp³-hybridized carbons (Fsp3) is 0.522. The maximum atomic E-state index is 12.8. The van der Waals surface area contributed by atoms with E-state index in [9.17, 15) is 22.8 Å². The van der Waals surface area contributed by atoms with Crippen LogP contribution in [0.5, 0.6) is 0 Å². The zero-order chi connectivity index (χ0) is 25.9. The van der Waals surface area contributed by atoms with Crippen LogP contribution in [0.3, 0.4) is 0 Å². The summed E-state index contributed by atoms with van der Waals surface area (Å²) in [6, 6.07) is 6.98. The largest absolute Gasteiger partial charge is 0.369 e. The number of alkyl halides is 3. The van der Waals surface area contributed by atoms with Gasteiger partial charge in [0.1, 0.15) is 11.6 Å². The second-order valence-corrected chi connectivity index (χ2v) is 7.79. The van der Waals surface area contributed by atoms with Crippen LogP contribution in [0, 0.1) is 0 Å². The van der Waals surface area contributed by atoms with E-state index in [2.05, 4.69) is 24.2 Å². The first-order valence-electron chi connectivity index (χ1n) is 9.92. The molecular weight excluding hydrogens is 439 g/mol. The lowest BCUT2D eigenvalue weighted by atomic mass is 9.84. The van der Waals surface area contributed by atoms with E-state index in [4.69, 9.17) is 5.73 Å². The molecule has 0 heterocycles. The Balaban J connectivity index is -0.000000802. The van der Waals surface area contributed by atoms with Crippen molar-refractivity contribution >= 4 is 35.0 Å². The van der Waals surface area contributed by atoms with Crippen LogP contribution in [-0.2, 0) is 15.0 Å². The molecule has 1 aromatic carbocycles. The second kappa shape index (κ2) is 19.4. The summed E-state index contributed by atoms with van der Waals surface area (Å²) in [7, 11) is 0.500. The summed E-state index contributed by atoms with van der Waals surface area (Å²) in [5.41, 5.74) is 5.64. The van der Waals surface area contributed by atoms with Gasteiger partial charge in [0, 0.05) is 0 Å². The van der Waals surface area contributed by atoms with Crippen LogP contribution in [0.2, 0.25) is 0 Å². The Morgan fingerprint density at radius 2 is 1.66 bits per heavy atom. The maximum absolute atomic E-state index is 12.8. The number of amidine groups is 1. The van der Waals surface area contributed by atoms with Gasteiger partial charge >= 0.3 is 0 Å². The van der Waals surface area contributed by atoms with Crippen molar-refractivity contribution in [3.63, 3.8) is 0 Å². The monoisotopic (exact) mass is 477 g/mol. The van der Waals surface area contributed by atoms with E-state index in [1.807, 2.05) is 0 Å². The lowest BCUT2D eigenvalue weighted by molar-refractivity contribution is -0.122. The number of Topliss-reactive ketones (excluding diaryl/α,β-unsaturated/α-hetero) is 1. The van der Waals surface area contributed by atoms with Gasteiger partial charge < -0.3 is 15.8 Å². The van der Waals surface area contributed by atoms with Crippen molar-refractivity contribution in [2.45, 2.75) is 66.7 Å². The first-order chi connectivity index (χ1) is 14.8. The number of aliphatic imine (C=N–C) groups is 1. The minimum atomic E-state index is -2.60. The highest BCUT2D eigenvalue weighted by atomic mass is 32.2. The molecule has 9 heteroatoms. The number of allylic oxidation sites excluding steroid dienone is 1. The second-order valence-electron chi connectivity index (χ2n) is 7.09. The standard InChI is InChI=1S/C16H21F2N3OS.C3H6O.C3H8.CH3F/c1-10(21-13(9-23-4)14(17)18)20-12-7-5-6-11(8-12)16(2,3)15(19)22;1-3(2)4;1-3-2;1-2/h5-9,14H,1-4H3,(H2,19,22)(H,20,21);1-2H3;3H2,1-2H3;1H3/b13-9-;;;. The molecule has 5 nitrogen and oxygen atoms in total. The zero-order valence-electron chi connectivity index (χ0n) is 20.6. The molecule has 184 valence electrons. The predicted molar refractivity (Wildman–Crippen MR) is 132 cm³/mol. The number of nitrogens with one attached hydrogen (secondary N) is 1. The molecular formula is C23H38F3N3O2S. The third-order valence-electron chi connectivity index (χ3n) is 3.29. The van der Waals surface area contributed by atoms with Gasteiger partial charge in [0.2, 0.25) is 5.91 Å². The number of carbonyl (C=O) groups excluding carboxylic acids is 2. The Morgan fingerprint density at radius 1 is 1.19 bits per heavy atom. The van der Waals surface area contributed by atoms with Crippen molar-refractivity contribution in [1.82, 2.24) is 5.32 Å². The molecule has 0 aliphatic carbocycles. The van der Waals surface area contributed by atoms with Crippen LogP contribution < -0.4 is 11.1 Å². The van der Waals surface area contributed by atoms with E-state index in [1.54, 1.807) is 51.3 Å². The molecule has 0 bridgehead atoms. The molecule has 0 unspecified atom stereocenters. The number of thioether (sulfide) groups is 1. The Hall–Kier alpha value is -2.29. The molecule has 0 saturated heterocycles. The molecule has 0 atom stereocenters. The van der Waals surface area contributed by atoms with Gasteiger partial charge in [-0.15, -0.1) is 11.8 Å². The van der Waals surface area contributed by atoms with Crippen LogP contribution in [-0.4, -0.2) is 37.4 Å². The van der Waals surface area contributed by atoms with Gasteiger partial charge in [-0.1, -0.05) is 32.4 Å². The topological polar surface area (TPSA) is 84.6 Å². The van der Waals surface area contributed by atoms with Crippen molar-refractivity contribution in [3.05, 3.63) is 40.9 Å². The van der Waals surface area contributed by atoms with Crippen LogP contribution >= 0.6 is 11.8 Å². The molecule has 1 amide bonds. The molecule has 0 fully saturated rings. The number of primary amides is 1. The third kappa shape index (κ3) is 16.4. The summed E-state index contributed by atoms with van der Waals surface area (Å²) in [4.78, 5) is 25.2. The van der Waals surface area contributed by atoms with Gasteiger partial charge in [0.05, 0.1) is 24.0 Å². The molecule has 3 N–H and O–H groups in total. The molecule has 0 spiro atoms. The fourth-order valence-corrected chi connectivity index (χ4v) is 2.22. The first-order valence-corrected chi connectivity index (χ1v) is 11.2. The minimum Gasteiger partial charge on any atom is -0.369 e. The minimum absolute atomic E-state index is 0.167. The molecule has 32 heavy (non-hydrogen) atoms. The number of rotatable bonds is 6. The summed E-state index contributed by atoms with van der Waals surface area (Å²) in [6.45, 7) is 12.3. The average molecular weight is 478 g/mol. The SMILES string of the molecule is CC(C)=O.CCC.CF.CS/C=C(\NC(C)=Nc1cccc(C(C)(C)C(N)=O)c1)C(F)F. The molecule has 0 aliphatic rings. The molecule has 0 aliphatic heterocycles. The third-order valence-corrected chi connectivity index (χ3v) is 3.78. The van der Waals surface area contributed by atoms with Gasteiger partial charge in [-0.2, -0.15) is 0 Å². The molecule has 1 rings (SSSR count). The lowest BCUT2D eigenvalue weighted by Crippen LogP contribution is -2.35. The van der Waals surface area contributed by atoms with Crippen LogP contribution in [0.1, 0.15) is 60.5 Å². The number of hydrogen-bond acceptors (Lipinski definition) is 4. The van der Waals surface area contributed by atoms with E-state index in [-0.39, 0.29) is 11.5 Å². The summed E-state index contributed by atoms with van der Waals surface area (Å²) in [5, 5.41) is 3.94. The normalized spacial score (nSPS) is 11.2. The molecule has 0 radical (unpaired) electrons. The number of ketones is 1. The maximum Gasteiger partial charge on any atom is 0.278 e. The fourth-order valence-electron chi connectivity index (χ4n) is 1.80. The number of nitrogens with two attached hydrogens (primary N) is 1. The number of carbonyl (C=O) groups is 2. The van der Waals surface area contributed by atoms with Crippen molar-refractivity contribution in [2.24, 2.45) is 10.7 Å². The van der Waals surface area contributed by atoms with Crippen LogP contribution in [0.15, 0.2) is 40.4 Å². The number of nitrogens with zero attached hydrogens (tertiary/aromatic N) is 1. The number of amides is 1. The molecule has 1 aromatic rings. The summed E-state index contributed by atoms with van der Waals surface area (Å²) >= 11 is 1.18. The Morgan fingerprint density at radius 3 is 2.03 bits per heavy atom. The Labute approximate surface area is 195 Å². The zero-order valence-corrected chi connectivity index (χ0v) is 21.4. The van der Waals surface area contributed by atoms with Gasteiger partial charge in [-0.05, 0) is 64.0 Å². The summed E-state index contributed by atoms with van der Waals surface area (Å²) in [5.74, 6) is 0.0519. The van der Waals surface area contributed by atoms with Crippen molar-refractivity contribution < 1.29 is 22.8 Å². The van der Waals surface area contributed by atoms with Crippen molar-refractivity contribution in [3.8, 4) is 0 Å². The van der Waals surface area contributed by atoms with Crippen molar-refractivity contribution in [2.75, 3.05) is 13.4 Å².